The Labute approximate surface area is 163 Å². The van der Waals surface area contributed by atoms with Gasteiger partial charge in [-0.15, -0.1) is 10.2 Å². The van der Waals surface area contributed by atoms with Crippen molar-refractivity contribution in [2.75, 3.05) is 16.4 Å². The quantitative estimate of drug-likeness (QED) is 0.572. The van der Waals surface area contributed by atoms with Crippen molar-refractivity contribution in [3.63, 3.8) is 0 Å². The molecule has 0 bridgehead atoms. The van der Waals surface area contributed by atoms with E-state index in [2.05, 4.69) is 20.8 Å². The number of rotatable bonds is 7. The Bertz CT molecular complexity index is 968. The number of carbonyl (C=O) groups excluding carboxylic acids is 1. The first kappa shape index (κ1) is 18.8. The van der Waals surface area contributed by atoms with Gasteiger partial charge in [0, 0.05) is 17.9 Å². The normalized spacial score (nSPS) is 10.2. The molecule has 2 aromatic carbocycles. The molecule has 0 atom stereocenters. The van der Waals surface area contributed by atoms with E-state index in [-0.39, 0.29) is 18.1 Å². The molecule has 0 unspecified atom stereocenters. The summed E-state index contributed by atoms with van der Waals surface area (Å²) in [5, 5.41) is 23.5. The summed E-state index contributed by atoms with van der Waals surface area (Å²) >= 11 is 2.78. The molecular formula is C18H14FN5OS2. The van der Waals surface area contributed by atoms with E-state index >= 15 is 0 Å². The van der Waals surface area contributed by atoms with Crippen LogP contribution in [0.2, 0.25) is 0 Å². The molecule has 136 valence electrons. The third-order valence-corrected chi connectivity index (χ3v) is 5.35. The molecule has 0 radical (unpaired) electrons. The number of aromatic nitrogens is 2. The molecule has 0 aliphatic heterocycles. The van der Waals surface area contributed by atoms with Crippen LogP contribution in [0.5, 0.6) is 0 Å². The molecule has 3 rings (SSSR count). The lowest BCUT2D eigenvalue weighted by Crippen LogP contribution is -2.13. The van der Waals surface area contributed by atoms with Crippen molar-refractivity contribution in [2.24, 2.45) is 0 Å². The molecule has 1 amide bonds. The van der Waals surface area contributed by atoms with Crippen LogP contribution in [-0.4, -0.2) is 21.9 Å². The van der Waals surface area contributed by atoms with E-state index in [4.69, 9.17) is 5.26 Å². The number of nitriles is 1. The summed E-state index contributed by atoms with van der Waals surface area (Å²) in [5.74, 6) is 0.0650. The fraction of sp³-hybridized carbons (Fsp3) is 0.111. The Balaban J connectivity index is 1.46. The third-order valence-electron chi connectivity index (χ3n) is 3.38. The molecule has 0 aliphatic rings. The number of thioether (sulfide) groups is 1. The van der Waals surface area contributed by atoms with Gasteiger partial charge in [0.1, 0.15) is 11.9 Å². The number of amides is 1. The Morgan fingerprint density at radius 3 is 2.74 bits per heavy atom. The number of halogens is 1. The second kappa shape index (κ2) is 9.12. The van der Waals surface area contributed by atoms with Crippen LogP contribution < -0.4 is 10.6 Å². The molecule has 0 fully saturated rings. The molecule has 6 nitrogen and oxygen atoms in total. The maximum Gasteiger partial charge on any atom is 0.225 e. The topological polar surface area (TPSA) is 90.7 Å². The summed E-state index contributed by atoms with van der Waals surface area (Å²) in [4.78, 5) is 12.0. The number of hydrogen-bond acceptors (Lipinski definition) is 7. The minimum absolute atomic E-state index is 0.167. The monoisotopic (exact) mass is 399 g/mol. The van der Waals surface area contributed by atoms with Crippen LogP contribution in [0, 0.1) is 17.1 Å². The zero-order chi connectivity index (χ0) is 19.1. The lowest BCUT2D eigenvalue weighted by molar-refractivity contribution is -0.115. The van der Waals surface area contributed by atoms with Gasteiger partial charge in [-0.25, -0.2) is 4.39 Å². The number of hydrogen-bond donors (Lipinski definition) is 2. The zero-order valence-electron chi connectivity index (χ0n) is 14.0. The molecule has 0 saturated carbocycles. The first-order valence-corrected chi connectivity index (χ1v) is 9.72. The summed E-state index contributed by atoms with van der Waals surface area (Å²) in [7, 11) is 0. The summed E-state index contributed by atoms with van der Waals surface area (Å²) in [6.45, 7) is 0. The molecule has 27 heavy (non-hydrogen) atoms. The van der Waals surface area contributed by atoms with Gasteiger partial charge < -0.3 is 10.6 Å². The maximum atomic E-state index is 12.9. The molecule has 0 saturated heterocycles. The highest BCUT2D eigenvalue weighted by molar-refractivity contribution is 8.01. The first-order chi connectivity index (χ1) is 13.1. The Morgan fingerprint density at radius 1 is 1.19 bits per heavy atom. The molecule has 0 spiro atoms. The highest BCUT2D eigenvalue weighted by Crippen LogP contribution is 2.28. The van der Waals surface area contributed by atoms with Gasteiger partial charge in [0.25, 0.3) is 0 Å². The van der Waals surface area contributed by atoms with Crippen molar-refractivity contribution in [2.45, 2.75) is 10.8 Å². The minimum Gasteiger partial charge on any atom is -0.330 e. The SMILES string of the molecule is N#Cc1ccccc1NC(=O)CCSc1nnc(Nc2ccc(F)cc2)s1. The van der Waals surface area contributed by atoms with Gasteiger partial charge in [0.05, 0.1) is 11.3 Å². The smallest absolute Gasteiger partial charge is 0.225 e. The van der Waals surface area contributed by atoms with E-state index in [1.807, 2.05) is 6.07 Å². The molecule has 9 heteroatoms. The number of nitrogens with one attached hydrogen (secondary N) is 2. The van der Waals surface area contributed by atoms with Gasteiger partial charge in [0.2, 0.25) is 11.0 Å². The lowest BCUT2D eigenvalue weighted by atomic mass is 10.2. The highest BCUT2D eigenvalue weighted by Gasteiger charge is 2.09. The summed E-state index contributed by atoms with van der Waals surface area (Å²) < 4.78 is 13.6. The van der Waals surface area contributed by atoms with Crippen molar-refractivity contribution >= 4 is 45.5 Å². The number of para-hydroxylation sites is 1. The Kier molecular flexibility index (Phi) is 6.35. The van der Waals surface area contributed by atoms with E-state index in [9.17, 15) is 9.18 Å². The molecule has 0 aliphatic carbocycles. The standard InChI is InChI=1S/C18H14FN5OS2/c19-13-5-7-14(8-6-13)21-17-23-24-18(27-17)26-10-9-16(25)22-15-4-2-1-3-12(15)11-20/h1-8H,9-10H2,(H,21,23)(H,22,25). The first-order valence-electron chi connectivity index (χ1n) is 7.92. The Morgan fingerprint density at radius 2 is 1.96 bits per heavy atom. The minimum atomic E-state index is -0.301. The van der Waals surface area contributed by atoms with Gasteiger partial charge in [-0.1, -0.05) is 35.2 Å². The lowest BCUT2D eigenvalue weighted by Gasteiger charge is -2.05. The van der Waals surface area contributed by atoms with E-state index in [0.29, 0.717) is 22.1 Å². The Hall–Kier alpha value is -2.96. The summed E-state index contributed by atoms with van der Waals surface area (Å²) in [6.07, 6.45) is 0.282. The van der Waals surface area contributed by atoms with Crippen molar-refractivity contribution in [1.82, 2.24) is 10.2 Å². The zero-order valence-corrected chi connectivity index (χ0v) is 15.6. The fourth-order valence-electron chi connectivity index (χ4n) is 2.11. The number of anilines is 3. The maximum absolute atomic E-state index is 12.9. The van der Waals surface area contributed by atoms with Crippen molar-refractivity contribution in [3.05, 3.63) is 59.9 Å². The number of carbonyl (C=O) groups is 1. The number of nitrogens with zero attached hydrogens (tertiary/aromatic N) is 3. The van der Waals surface area contributed by atoms with Gasteiger partial charge in [-0.3, -0.25) is 4.79 Å². The predicted molar refractivity (Wildman–Crippen MR) is 105 cm³/mol. The largest absolute Gasteiger partial charge is 0.330 e. The average Bonchev–Trinajstić information content (AvgIpc) is 3.11. The van der Waals surface area contributed by atoms with Gasteiger partial charge in [-0.05, 0) is 36.4 Å². The second-order valence-corrected chi connectivity index (χ2v) is 7.63. The second-order valence-electron chi connectivity index (χ2n) is 5.31. The summed E-state index contributed by atoms with van der Waals surface area (Å²) in [6, 6.07) is 14.9. The van der Waals surface area contributed by atoms with Gasteiger partial charge in [-0.2, -0.15) is 5.26 Å². The van der Waals surface area contributed by atoms with E-state index in [0.717, 1.165) is 10.0 Å². The van der Waals surface area contributed by atoms with E-state index in [1.165, 1.54) is 35.2 Å². The van der Waals surface area contributed by atoms with Crippen LogP contribution in [-0.2, 0) is 4.79 Å². The highest BCUT2D eigenvalue weighted by atomic mass is 32.2. The van der Waals surface area contributed by atoms with Crippen LogP contribution in [0.25, 0.3) is 0 Å². The average molecular weight is 399 g/mol. The molecule has 3 aromatic rings. The van der Waals surface area contributed by atoms with Crippen molar-refractivity contribution in [1.29, 1.82) is 5.26 Å². The van der Waals surface area contributed by atoms with Crippen LogP contribution in [0.1, 0.15) is 12.0 Å². The van der Waals surface area contributed by atoms with Gasteiger partial charge in [0.15, 0.2) is 4.34 Å². The van der Waals surface area contributed by atoms with E-state index in [1.54, 1.807) is 36.4 Å². The van der Waals surface area contributed by atoms with Crippen molar-refractivity contribution < 1.29 is 9.18 Å². The van der Waals surface area contributed by atoms with Crippen LogP contribution in [0.4, 0.5) is 20.9 Å². The summed E-state index contributed by atoms with van der Waals surface area (Å²) in [5.41, 5.74) is 1.66. The molecular weight excluding hydrogens is 385 g/mol. The van der Waals surface area contributed by atoms with Crippen LogP contribution in [0.15, 0.2) is 52.9 Å². The fourth-order valence-corrected chi connectivity index (χ4v) is 3.89. The van der Waals surface area contributed by atoms with Crippen LogP contribution in [0.3, 0.4) is 0 Å². The number of benzene rings is 2. The third kappa shape index (κ3) is 5.51. The van der Waals surface area contributed by atoms with Crippen molar-refractivity contribution in [3.8, 4) is 6.07 Å². The van der Waals surface area contributed by atoms with Gasteiger partial charge >= 0.3 is 0 Å². The van der Waals surface area contributed by atoms with E-state index < -0.39 is 0 Å². The van der Waals surface area contributed by atoms with Crippen LogP contribution >= 0.6 is 23.1 Å². The molecule has 2 N–H and O–H groups in total. The predicted octanol–water partition coefficient (Wildman–Crippen LogP) is 4.41. The molecule has 1 aromatic heterocycles. The molecule has 1 heterocycles.